The molecule has 0 fully saturated rings. The number of fused-ring (bicyclic) bond motifs is 3. The van der Waals surface area contributed by atoms with Crippen LogP contribution in [-0.4, -0.2) is 0 Å². The lowest BCUT2D eigenvalue weighted by atomic mass is 10.1. The Morgan fingerprint density at radius 1 is 0.639 bits per heavy atom. The highest BCUT2D eigenvalue weighted by Crippen LogP contribution is 2.50. The molecule has 0 unspecified atom stereocenters. The van der Waals surface area contributed by atoms with E-state index >= 15 is 0 Å². The maximum absolute atomic E-state index is 13.4. The fourth-order valence-corrected chi connectivity index (χ4v) is 6.68. The molecule has 0 saturated carbocycles. The second kappa shape index (κ2) is 9.26. The molecule has 5 rings (SSSR count). The quantitative estimate of drug-likeness (QED) is 0.109. The number of rotatable bonds is 4. The van der Waals surface area contributed by atoms with Gasteiger partial charge in [0.25, 0.3) is 0 Å². The number of halogens is 7. The number of alkyl halides is 6. The lowest BCUT2D eigenvalue weighted by Gasteiger charge is -2.06. The summed E-state index contributed by atoms with van der Waals surface area (Å²) >= 11 is 2.22. The molecule has 1 nitrogen and oxygen atoms in total. The molecule has 0 aliphatic heterocycles. The zero-order chi connectivity index (χ0) is 25.7. The summed E-state index contributed by atoms with van der Waals surface area (Å²) in [6.45, 7) is 0.369. The molecule has 184 valence electrons. The van der Waals surface area contributed by atoms with Crippen LogP contribution >= 0.6 is 33.1 Å². The molecular formula is C27H16F6IOS+. The van der Waals surface area contributed by atoms with Crippen LogP contribution in [0.2, 0.25) is 0 Å². The third-order valence-electron chi connectivity index (χ3n) is 5.72. The van der Waals surface area contributed by atoms with Crippen LogP contribution in [0.15, 0.2) is 84.9 Å². The Morgan fingerprint density at radius 3 is 1.61 bits per heavy atom. The molecule has 0 bridgehead atoms. The number of thiophene rings is 1. The van der Waals surface area contributed by atoms with Gasteiger partial charge in [0.05, 0.1) is 11.1 Å². The average molecular weight is 629 g/mol. The Balaban J connectivity index is 1.58. The van der Waals surface area contributed by atoms with Gasteiger partial charge in [0, 0.05) is 36.9 Å². The first-order valence-corrected chi connectivity index (χ1v) is 13.0. The summed E-state index contributed by atoms with van der Waals surface area (Å²) in [7, 11) is -0.853. The summed E-state index contributed by atoms with van der Waals surface area (Å²) in [5.41, 5.74) is -0.787. The Kier molecular flexibility index (Phi) is 6.40. The molecule has 0 radical (unpaired) electrons. The molecule has 0 spiro atoms. The van der Waals surface area contributed by atoms with E-state index in [2.05, 4.69) is 22.6 Å². The van der Waals surface area contributed by atoms with Gasteiger partial charge in [-0.2, -0.15) is 26.3 Å². The van der Waals surface area contributed by atoms with Crippen molar-refractivity contribution in [1.82, 2.24) is 0 Å². The first-order valence-electron chi connectivity index (χ1n) is 10.7. The van der Waals surface area contributed by atoms with Crippen molar-refractivity contribution in [2.24, 2.45) is 0 Å². The number of benzene rings is 4. The minimum atomic E-state index is -4.60. The van der Waals surface area contributed by atoms with E-state index in [1.54, 1.807) is 24.3 Å². The minimum absolute atomic E-state index is 0.174. The summed E-state index contributed by atoms with van der Waals surface area (Å²) in [6.07, 6.45) is -9.21. The van der Waals surface area contributed by atoms with Crippen LogP contribution in [0.1, 0.15) is 16.7 Å². The lowest BCUT2D eigenvalue weighted by molar-refractivity contribution is -0.138. The van der Waals surface area contributed by atoms with Gasteiger partial charge in [0.2, 0.25) is 0 Å². The van der Waals surface area contributed by atoms with Gasteiger partial charge < -0.3 is 4.74 Å². The van der Waals surface area contributed by atoms with Gasteiger partial charge in [0.1, 0.15) is 12.4 Å². The van der Waals surface area contributed by atoms with E-state index in [9.17, 15) is 26.3 Å². The lowest BCUT2D eigenvalue weighted by Crippen LogP contribution is -2.04. The van der Waals surface area contributed by atoms with Gasteiger partial charge in [-0.25, -0.2) is 0 Å². The number of hydrogen-bond acceptors (Lipinski definition) is 1. The van der Waals surface area contributed by atoms with Gasteiger partial charge in [-0.05, 0) is 88.8 Å². The van der Waals surface area contributed by atoms with Crippen molar-refractivity contribution < 1.29 is 31.1 Å². The van der Waals surface area contributed by atoms with Crippen molar-refractivity contribution in [3.8, 4) is 10.6 Å². The fraction of sp³-hybridized carbons (Fsp3) is 0.111. The van der Waals surface area contributed by atoms with Crippen molar-refractivity contribution >= 4 is 53.2 Å². The van der Waals surface area contributed by atoms with E-state index < -0.39 is 33.9 Å². The number of ether oxygens (including phenoxy) is 1. The summed E-state index contributed by atoms with van der Waals surface area (Å²) < 4.78 is 88.4. The van der Waals surface area contributed by atoms with E-state index in [4.69, 9.17) is 4.74 Å². The molecule has 0 aliphatic carbocycles. The highest BCUT2D eigenvalue weighted by atomic mass is 127. The van der Waals surface area contributed by atoms with Gasteiger partial charge >= 0.3 is 12.4 Å². The largest absolute Gasteiger partial charge is 0.489 e. The Morgan fingerprint density at radius 2 is 1.14 bits per heavy atom. The first kappa shape index (κ1) is 24.9. The molecule has 1 aromatic heterocycles. The smallest absolute Gasteiger partial charge is 0.416 e. The van der Waals surface area contributed by atoms with Crippen molar-refractivity contribution in [2.75, 3.05) is 0 Å². The predicted molar refractivity (Wildman–Crippen MR) is 139 cm³/mol. The first-order chi connectivity index (χ1) is 17.0. The molecule has 0 aliphatic rings. The molecule has 36 heavy (non-hydrogen) atoms. The van der Waals surface area contributed by atoms with Crippen molar-refractivity contribution in [3.05, 3.63) is 105 Å². The third-order valence-corrected chi connectivity index (χ3v) is 8.78. The summed E-state index contributed by atoms with van der Waals surface area (Å²) in [5.74, 6) is 0.611. The Hall–Kier alpha value is -2.79. The zero-order valence-corrected chi connectivity index (χ0v) is 21.2. The second-order valence-electron chi connectivity index (χ2n) is 8.11. The van der Waals surface area contributed by atoms with Crippen LogP contribution in [-0.2, 0) is 19.0 Å². The second-order valence-corrected chi connectivity index (χ2v) is 11.3. The van der Waals surface area contributed by atoms with Gasteiger partial charge in [-0.1, -0.05) is 12.1 Å². The maximum Gasteiger partial charge on any atom is 0.416 e. The van der Waals surface area contributed by atoms with Crippen LogP contribution in [0, 0.1) is 3.57 Å². The average Bonchev–Trinajstić information content (AvgIpc) is 3.16. The molecule has 1 heterocycles. The van der Waals surface area contributed by atoms with Gasteiger partial charge in [-0.3, -0.25) is 0 Å². The molecule has 0 amide bonds. The van der Waals surface area contributed by atoms with E-state index in [1.807, 2.05) is 24.3 Å². The Bertz CT molecular complexity index is 1480. The van der Waals surface area contributed by atoms with Crippen LogP contribution in [0.25, 0.3) is 25.1 Å². The van der Waals surface area contributed by atoms with E-state index in [0.29, 0.717) is 21.8 Å². The van der Waals surface area contributed by atoms with Gasteiger partial charge in [-0.15, -0.1) is 0 Å². The van der Waals surface area contributed by atoms with Crippen molar-refractivity contribution in [3.63, 3.8) is 0 Å². The highest BCUT2D eigenvalue weighted by Gasteiger charge is 2.35. The van der Waals surface area contributed by atoms with E-state index in [-0.39, 0.29) is 10.8 Å². The van der Waals surface area contributed by atoms with E-state index in [0.717, 1.165) is 38.3 Å². The summed E-state index contributed by atoms with van der Waals surface area (Å²) in [5, 5.41) is 0.349. The normalized spacial score (nSPS) is 12.4. The third kappa shape index (κ3) is 4.90. The molecule has 0 atom stereocenters. The van der Waals surface area contributed by atoms with E-state index in [1.165, 1.54) is 12.1 Å². The monoisotopic (exact) mass is 629 g/mol. The molecular weight excluding hydrogens is 613 g/mol. The van der Waals surface area contributed by atoms with Crippen LogP contribution in [0.3, 0.4) is 0 Å². The molecule has 4 aromatic carbocycles. The zero-order valence-electron chi connectivity index (χ0n) is 18.3. The van der Waals surface area contributed by atoms with Crippen LogP contribution in [0.5, 0.6) is 5.75 Å². The van der Waals surface area contributed by atoms with Crippen LogP contribution in [0.4, 0.5) is 26.3 Å². The summed E-state index contributed by atoms with van der Waals surface area (Å²) in [6, 6.07) is 21.6. The van der Waals surface area contributed by atoms with Crippen LogP contribution < -0.4 is 4.74 Å². The fourth-order valence-electron chi connectivity index (χ4n) is 3.98. The number of hydrogen-bond donors (Lipinski definition) is 0. The SMILES string of the molecule is FC(F)(F)c1ccc2c(c1)c1cc(C(F)(F)F)ccc1[s+]2-c1ccc(OCc2ccc(I)cc2)cc1. The highest BCUT2D eigenvalue weighted by molar-refractivity contribution is 14.1. The van der Waals surface area contributed by atoms with Crippen molar-refractivity contribution in [2.45, 2.75) is 19.0 Å². The maximum atomic E-state index is 13.4. The Labute approximate surface area is 218 Å². The summed E-state index contributed by atoms with van der Waals surface area (Å²) in [4.78, 5) is 0.774. The predicted octanol–water partition coefficient (Wildman–Crippen LogP) is 9.95. The molecule has 0 saturated heterocycles. The van der Waals surface area contributed by atoms with Gasteiger partial charge in [0.15, 0.2) is 14.3 Å². The van der Waals surface area contributed by atoms with Crippen molar-refractivity contribution in [1.29, 1.82) is 0 Å². The molecule has 5 aromatic rings. The molecule has 9 heteroatoms. The minimum Gasteiger partial charge on any atom is -0.489 e. The standard InChI is InChI=1S/C27H16F6IOS/c28-26(29,30)17-3-11-24-22(13-17)23-14-18(27(31,32)33)4-12-25(23)36(24)21-9-7-20(8-10-21)35-15-16-1-5-19(34)6-2-16/h1-14H,15H2/q+1. The topological polar surface area (TPSA) is 9.23 Å². The molecule has 0 N–H and O–H groups in total.